The van der Waals surface area contributed by atoms with Gasteiger partial charge in [0.2, 0.25) is 0 Å². The smallest absolute Gasteiger partial charge is 0.280 e. The number of hydrogen-bond acceptors (Lipinski definition) is 6. The summed E-state index contributed by atoms with van der Waals surface area (Å²) in [5.74, 6) is 0.950. The Balaban J connectivity index is 1.53. The van der Waals surface area contributed by atoms with Gasteiger partial charge in [-0.1, -0.05) is 40.8 Å². The Labute approximate surface area is 166 Å². The molecule has 0 aliphatic rings. The number of ether oxygens (including phenoxy) is 1. The predicted molar refractivity (Wildman–Crippen MR) is 109 cm³/mol. The molecule has 7 heteroatoms. The molecule has 1 N–H and O–H groups in total. The molecule has 0 fully saturated rings. The number of hydrogen-bond donors (Lipinski definition) is 1. The Morgan fingerprint density at radius 1 is 1.18 bits per heavy atom. The van der Waals surface area contributed by atoms with Crippen LogP contribution in [0.5, 0.6) is 5.75 Å². The largest absolute Gasteiger partial charge is 0.488 e. The highest BCUT2D eigenvalue weighted by molar-refractivity contribution is 7.22. The van der Waals surface area contributed by atoms with E-state index >= 15 is 0 Å². The van der Waals surface area contributed by atoms with Crippen LogP contribution in [0.4, 0.5) is 5.13 Å². The summed E-state index contributed by atoms with van der Waals surface area (Å²) in [5.41, 5.74) is 3.86. The van der Waals surface area contributed by atoms with Crippen molar-refractivity contribution in [2.75, 3.05) is 5.32 Å². The average Bonchev–Trinajstić information content (AvgIpc) is 3.23. The number of para-hydroxylation sites is 1. The second-order valence-electron chi connectivity index (χ2n) is 6.56. The summed E-state index contributed by atoms with van der Waals surface area (Å²) < 4.78 is 12.1. The maximum absolute atomic E-state index is 12.7. The van der Waals surface area contributed by atoms with Gasteiger partial charge in [0.15, 0.2) is 10.8 Å². The Morgan fingerprint density at radius 2 is 2.00 bits per heavy atom. The van der Waals surface area contributed by atoms with Crippen LogP contribution in [0.1, 0.15) is 32.9 Å². The summed E-state index contributed by atoms with van der Waals surface area (Å²) in [6.07, 6.45) is 0. The lowest BCUT2D eigenvalue weighted by atomic mass is 10.2. The number of rotatable bonds is 5. The van der Waals surface area contributed by atoms with Gasteiger partial charge in [-0.15, -0.1) is 0 Å². The van der Waals surface area contributed by atoms with E-state index in [1.165, 1.54) is 11.3 Å². The van der Waals surface area contributed by atoms with Crippen LogP contribution >= 0.6 is 11.3 Å². The van der Waals surface area contributed by atoms with Crippen molar-refractivity contribution in [2.24, 2.45) is 0 Å². The van der Waals surface area contributed by atoms with Crippen LogP contribution in [-0.2, 0) is 6.61 Å². The average molecular weight is 393 g/mol. The van der Waals surface area contributed by atoms with Crippen LogP contribution in [0, 0.1) is 20.8 Å². The summed E-state index contributed by atoms with van der Waals surface area (Å²) in [5, 5.41) is 7.27. The molecule has 0 bridgehead atoms. The number of fused-ring (bicyclic) bond motifs is 1. The first-order valence-corrected chi connectivity index (χ1v) is 9.65. The normalized spacial score (nSPS) is 11.0. The number of carbonyl (C=O) groups is 1. The molecule has 0 unspecified atom stereocenters. The molecule has 0 saturated heterocycles. The van der Waals surface area contributed by atoms with E-state index in [0.717, 1.165) is 27.1 Å². The highest BCUT2D eigenvalue weighted by Gasteiger charge is 2.21. The van der Waals surface area contributed by atoms with Crippen molar-refractivity contribution in [3.63, 3.8) is 0 Å². The first-order valence-electron chi connectivity index (χ1n) is 8.83. The van der Waals surface area contributed by atoms with Crippen molar-refractivity contribution in [2.45, 2.75) is 27.4 Å². The molecule has 28 heavy (non-hydrogen) atoms. The molecule has 4 rings (SSSR count). The summed E-state index contributed by atoms with van der Waals surface area (Å²) in [7, 11) is 0. The zero-order valence-corrected chi connectivity index (χ0v) is 16.6. The Morgan fingerprint density at radius 3 is 2.82 bits per heavy atom. The summed E-state index contributed by atoms with van der Waals surface area (Å²) >= 11 is 1.43. The lowest BCUT2D eigenvalue weighted by Gasteiger charge is -2.08. The lowest BCUT2D eigenvalue weighted by molar-refractivity contribution is 0.101. The maximum atomic E-state index is 12.7. The molecule has 0 atom stereocenters. The summed E-state index contributed by atoms with van der Waals surface area (Å²) in [6.45, 7) is 5.96. The van der Waals surface area contributed by atoms with Crippen LogP contribution in [0.25, 0.3) is 10.2 Å². The van der Waals surface area contributed by atoms with E-state index in [4.69, 9.17) is 9.26 Å². The van der Waals surface area contributed by atoms with Crippen LogP contribution in [0.3, 0.4) is 0 Å². The zero-order chi connectivity index (χ0) is 19.7. The van der Waals surface area contributed by atoms with Crippen molar-refractivity contribution in [3.8, 4) is 5.75 Å². The summed E-state index contributed by atoms with van der Waals surface area (Å²) in [4.78, 5) is 17.2. The highest BCUT2D eigenvalue weighted by Crippen LogP contribution is 2.27. The van der Waals surface area contributed by atoms with E-state index in [9.17, 15) is 4.79 Å². The number of carbonyl (C=O) groups excluding carboxylic acids is 1. The zero-order valence-electron chi connectivity index (χ0n) is 15.8. The molecule has 6 nitrogen and oxygen atoms in total. The third kappa shape index (κ3) is 3.61. The van der Waals surface area contributed by atoms with Gasteiger partial charge in [0, 0.05) is 0 Å². The van der Waals surface area contributed by atoms with Gasteiger partial charge in [-0.3, -0.25) is 10.1 Å². The van der Waals surface area contributed by atoms with Gasteiger partial charge in [0.1, 0.15) is 18.1 Å². The van der Waals surface area contributed by atoms with Gasteiger partial charge in [-0.05, 0) is 50.1 Å². The molecule has 2 aromatic carbocycles. The van der Waals surface area contributed by atoms with Gasteiger partial charge >= 0.3 is 0 Å². The van der Waals surface area contributed by atoms with E-state index in [1.807, 2.05) is 56.3 Å². The third-order valence-corrected chi connectivity index (χ3v) is 5.36. The molecule has 0 radical (unpaired) electrons. The van der Waals surface area contributed by atoms with Gasteiger partial charge in [0.25, 0.3) is 5.91 Å². The van der Waals surface area contributed by atoms with Gasteiger partial charge in [0.05, 0.1) is 15.8 Å². The monoisotopic (exact) mass is 393 g/mol. The number of aromatic nitrogens is 2. The predicted octanol–water partition coefficient (Wildman–Crippen LogP) is 5.04. The Kier molecular flexibility index (Phi) is 4.83. The quantitative estimate of drug-likeness (QED) is 0.514. The fourth-order valence-corrected chi connectivity index (χ4v) is 3.81. The van der Waals surface area contributed by atoms with Crippen LogP contribution < -0.4 is 10.1 Å². The van der Waals surface area contributed by atoms with E-state index in [-0.39, 0.29) is 18.2 Å². The second-order valence-corrected chi connectivity index (χ2v) is 7.60. The highest BCUT2D eigenvalue weighted by atomic mass is 32.1. The van der Waals surface area contributed by atoms with E-state index in [2.05, 4.69) is 15.5 Å². The van der Waals surface area contributed by atoms with E-state index in [0.29, 0.717) is 16.5 Å². The van der Waals surface area contributed by atoms with E-state index in [1.54, 1.807) is 6.92 Å². The SMILES string of the molecule is Cc1ccc2nc(NC(=O)c3noc(C)c3COc3ccccc3C)sc2c1. The summed E-state index contributed by atoms with van der Waals surface area (Å²) in [6, 6.07) is 13.7. The first kappa shape index (κ1) is 18.2. The number of nitrogens with zero attached hydrogens (tertiary/aromatic N) is 2. The fraction of sp³-hybridized carbons (Fsp3) is 0.190. The van der Waals surface area contributed by atoms with Crippen LogP contribution in [0.2, 0.25) is 0 Å². The molecule has 4 aromatic rings. The molecule has 142 valence electrons. The minimum atomic E-state index is -0.365. The van der Waals surface area contributed by atoms with Gasteiger partial charge < -0.3 is 9.26 Å². The van der Waals surface area contributed by atoms with Crippen molar-refractivity contribution >= 4 is 32.6 Å². The number of aryl methyl sites for hydroxylation is 3. The van der Waals surface area contributed by atoms with E-state index < -0.39 is 0 Å². The topological polar surface area (TPSA) is 77.3 Å². The third-order valence-electron chi connectivity index (χ3n) is 4.43. The number of thiazole rings is 1. The Hall–Kier alpha value is -3.19. The molecule has 0 aliphatic heterocycles. The van der Waals surface area contributed by atoms with Crippen LogP contribution in [0.15, 0.2) is 47.0 Å². The molecule has 0 aliphatic carbocycles. The maximum Gasteiger partial charge on any atom is 0.280 e. The lowest BCUT2D eigenvalue weighted by Crippen LogP contribution is -2.15. The number of nitrogens with one attached hydrogen (secondary N) is 1. The number of benzene rings is 2. The Bertz CT molecular complexity index is 1160. The standard InChI is InChI=1S/C21H19N3O3S/c1-12-8-9-16-18(10-12)28-21(22-16)23-20(25)19-15(14(3)27-24-19)11-26-17-7-5-4-6-13(17)2/h4-10H,11H2,1-3H3,(H,22,23,25). The van der Waals surface area contributed by atoms with Crippen molar-refractivity contribution in [3.05, 3.63) is 70.6 Å². The minimum absolute atomic E-state index is 0.196. The fourth-order valence-electron chi connectivity index (χ4n) is 2.85. The number of anilines is 1. The second kappa shape index (κ2) is 7.44. The van der Waals surface area contributed by atoms with Crippen molar-refractivity contribution < 1.29 is 14.1 Å². The molecule has 0 saturated carbocycles. The minimum Gasteiger partial charge on any atom is -0.488 e. The first-order chi connectivity index (χ1) is 13.5. The molecule has 2 heterocycles. The van der Waals surface area contributed by atoms with Gasteiger partial charge in [-0.2, -0.15) is 0 Å². The van der Waals surface area contributed by atoms with Crippen molar-refractivity contribution in [1.82, 2.24) is 10.1 Å². The molecule has 1 amide bonds. The molecule has 0 spiro atoms. The van der Waals surface area contributed by atoms with Crippen LogP contribution in [-0.4, -0.2) is 16.0 Å². The molecule has 2 aromatic heterocycles. The molecular formula is C21H19N3O3S. The molecular weight excluding hydrogens is 374 g/mol. The van der Waals surface area contributed by atoms with Gasteiger partial charge in [-0.25, -0.2) is 4.98 Å². The van der Waals surface area contributed by atoms with Crippen molar-refractivity contribution in [1.29, 1.82) is 0 Å². The number of amides is 1.